The molecule has 20 heavy (non-hydrogen) atoms. The van der Waals surface area contributed by atoms with Crippen molar-refractivity contribution in [2.24, 2.45) is 11.8 Å². The van der Waals surface area contributed by atoms with Gasteiger partial charge in [-0.1, -0.05) is 40.5 Å². The van der Waals surface area contributed by atoms with Gasteiger partial charge in [-0.2, -0.15) is 0 Å². The Bertz CT molecular complexity index is 318. The van der Waals surface area contributed by atoms with E-state index in [9.17, 15) is 14.3 Å². The monoisotopic (exact) mass is 307 g/mol. The molecule has 0 radical (unpaired) electrons. The second-order valence-corrected chi connectivity index (χ2v) is 7.81. The molecule has 0 aromatic rings. The molecule has 0 aliphatic heterocycles. The smallest absolute Gasteiger partial charge is 0.328 e. The van der Waals surface area contributed by atoms with E-state index in [1.807, 2.05) is 27.7 Å². The van der Waals surface area contributed by atoms with Crippen molar-refractivity contribution < 1.29 is 18.8 Å². The van der Waals surface area contributed by atoms with Crippen LogP contribution in [0.1, 0.15) is 53.4 Å². The zero-order valence-corrected chi connectivity index (χ0v) is 14.1. The van der Waals surface area contributed by atoms with E-state index in [1.165, 1.54) is 0 Å². The number of rotatable bonds is 11. The zero-order valence-electron chi connectivity index (χ0n) is 13.2. The van der Waals surface area contributed by atoms with Crippen LogP contribution in [0.3, 0.4) is 0 Å². The van der Waals surface area contributed by atoms with Crippen molar-refractivity contribution in [1.82, 2.24) is 5.32 Å². The van der Waals surface area contributed by atoms with E-state index in [4.69, 9.17) is 4.52 Å². The zero-order chi connectivity index (χ0) is 15.6. The van der Waals surface area contributed by atoms with E-state index < -0.39 is 7.60 Å². The number of hydrogen-bond acceptors (Lipinski definition) is 3. The van der Waals surface area contributed by atoms with Crippen molar-refractivity contribution in [3.05, 3.63) is 0 Å². The molecule has 120 valence electrons. The van der Waals surface area contributed by atoms with Crippen LogP contribution in [-0.2, 0) is 13.9 Å². The van der Waals surface area contributed by atoms with Crippen LogP contribution in [0.2, 0.25) is 0 Å². The summed E-state index contributed by atoms with van der Waals surface area (Å²) in [6.45, 7) is 8.58. The second-order valence-electron chi connectivity index (χ2n) is 5.91. The Hall–Kier alpha value is -0.380. The molecule has 0 aromatic carbocycles. The lowest BCUT2D eigenvalue weighted by molar-refractivity contribution is -0.123. The standard InChI is InChI=1S/C14H30NO4P/c1-12(2)11-20(17,18)19-10-8-6-5-7-9-15-14(16)13(3)4/h12-13H,5-11H2,1-4H3,(H,15,16)(H,17,18). The molecular weight excluding hydrogens is 277 g/mol. The molecule has 0 aliphatic rings. The summed E-state index contributed by atoms with van der Waals surface area (Å²) in [6, 6.07) is 0. The molecule has 0 saturated heterocycles. The summed E-state index contributed by atoms with van der Waals surface area (Å²) in [7, 11) is -3.39. The SMILES string of the molecule is CC(C)CP(=O)(O)OCCCCCCNC(=O)C(C)C. The molecule has 1 unspecified atom stereocenters. The van der Waals surface area contributed by atoms with E-state index in [1.54, 1.807) is 0 Å². The molecule has 0 fully saturated rings. The second kappa shape index (κ2) is 10.4. The Morgan fingerprint density at radius 1 is 1.15 bits per heavy atom. The molecule has 2 N–H and O–H groups in total. The maximum atomic E-state index is 11.6. The van der Waals surface area contributed by atoms with Gasteiger partial charge in [-0.15, -0.1) is 0 Å². The fourth-order valence-electron chi connectivity index (χ4n) is 1.72. The van der Waals surface area contributed by atoms with E-state index in [-0.39, 0.29) is 23.9 Å². The van der Waals surface area contributed by atoms with Gasteiger partial charge in [-0.25, -0.2) is 0 Å². The number of amides is 1. The molecule has 6 heteroatoms. The highest BCUT2D eigenvalue weighted by Gasteiger charge is 2.20. The third-order valence-corrected chi connectivity index (χ3v) is 4.56. The maximum Gasteiger partial charge on any atom is 0.328 e. The van der Waals surface area contributed by atoms with E-state index >= 15 is 0 Å². The van der Waals surface area contributed by atoms with Crippen LogP contribution < -0.4 is 5.32 Å². The van der Waals surface area contributed by atoms with E-state index in [0.717, 1.165) is 25.7 Å². The van der Waals surface area contributed by atoms with Gasteiger partial charge in [-0.3, -0.25) is 9.36 Å². The third-order valence-electron chi connectivity index (χ3n) is 2.78. The van der Waals surface area contributed by atoms with Crippen LogP contribution in [0.25, 0.3) is 0 Å². The molecule has 0 aliphatic carbocycles. The summed E-state index contributed by atoms with van der Waals surface area (Å²) < 4.78 is 16.6. The van der Waals surface area contributed by atoms with Gasteiger partial charge in [0.05, 0.1) is 12.8 Å². The summed E-state index contributed by atoms with van der Waals surface area (Å²) in [5.41, 5.74) is 0. The van der Waals surface area contributed by atoms with Crippen LogP contribution in [0, 0.1) is 11.8 Å². The molecule has 0 bridgehead atoms. The average Bonchev–Trinajstić information content (AvgIpc) is 2.30. The van der Waals surface area contributed by atoms with Crippen molar-refractivity contribution >= 4 is 13.5 Å². The van der Waals surface area contributed by atoms with Crippen molar-refractivity contribution in [2.45, 2.75) is 53.4 Å². The Morgan fingerprint density at radius 2 is 1.75 bits per heavy atom. The fourth-order valence-corrected chi connectivity index (χ4v) is 3.16. The first-order chi connectivity index (χ1) is 9.24. The highest BCUT2D eigenvalue weighted by Crippen LogP contribution is 2.43. The van der Waals surface area contributed by atoms with Crippen LogP contribution in [-0.4, -0.2) is 30.1 Å². The van der Waals surface area contributed by atoms with Crippen LogP contribution in [0.15, 0.2) is 0 Å². The highest BCUT2D eigenvalue weighted by atomic mass is 31.2. The first-order valence-electron chi connectivity index (χ1n) is 7.48. The number of carbonyl (C=O) groups excluding carboxylic acids is 1. The van der Waals surface area contributed by atoms with Crippen molar-refractivity contribution in [1.29, 1.82) is 0 Å². The Kier molecular flexibility index (Phi) is 10.2. The van der Waals surface area contributed by atoms with Crippen molar-refractivity contribution in [3.63, 3.8) is 0 Å². The van der Waals surface area contributed by atoms with Crippen molar-refractivity contribution in [2.75, 3.05) is 19.3 Å². The first-order valence-corrected chi connectivity index (χ1v) is 9.25. The number of nitrogens with one attached hydrogen (secondary N) is 1. The largest absolute Gasteiger partial charge is 0.356 e. The Balaban J connectivity index is 3.45. The van der Waals surface area contributed by atoms with Crippen LogP contribution >= 0.6 is 7.60 Å². The van der Waals surface area contributed by atoms with Gasteiger partial charge in [0.15, 0.2) is 0 Å². The fraction of sp³-hybridized carbons (Fsp3) is 0.929. The number of hydrogen-bond donors (Lipinski definition) is 2. The van der Waals surface area contributed by atoms with Gasteiger partial charge < -0.3 is 14.7 Å². The molecule has 1 atom stereocenters. The molecule has 0 saturated carbocycles. The van der Waals surface area contributed by atoms with Gasteiger partial charge in [-0.05, 0) is 18.8 Å². The molecule has 0 rings (SSSR count). The van der Waals surface area contributed by atoms with Gasteiger partial charge in [0.1, 0.15) is 0 Å². The minimum absolute atomic E-state index is 0.0306. The van der Waals surface area contributed by atoms with E-state index in [2.05, 4.69) is 5.32 Å². The highest BCUT2D eigenvalue weighted by molar-refractivity contribution is 7.52. The maximum absolute atomic E-state index is 11.6. The van der Waals surface area contributed by atoms with Gasteiger partial charge in [0.2, 0.25) is 5.91 Å². The lowest BCUT2D eigenvalue weighted by Crippen LogP contribution is -2.28. The summed E-state index contributed by atoms with van der Waals surface area (Å²) in [5, 5.41) is 2.86. The van der Waals surface area contributed by atoms with Gasteiger partial charge >= 0.3 is 7.60 Å². The van der Waals surface area contributed by atoms with E-state index in [0.29, 0.717) is 13.2 Å². The summed E-state index contributed by atoms with van der Waals surface area (Å²) in [4.78, 5) is 20.8. The quantitative estimate of drug-likeness (QED) is 0.454. The van der Waals surface area contributed by atoms with Crippen LogP contribution in [0.4, 0.5) is 0 Å². The minimum Gasteiger partial charge on any atom is -0.356 e. The Labute approximate surface area is 123 Å². The average molecular weight is 307 g/mol. The lowest BCUT2D eigenvalue weighted by Gasteiger charge is -2.13. The summed E-state index contributed by atoms with van der Waals surface area (Å²) in [6.07, 6.45) is 3.86. The Morgan fingerprint density at radius 3 is 2.30 bits per heavy atom. The van der Waals surface area contributed by atoms with Gasteiger partial charge in [0.25, 0.3) is 0 Å². The van der Waals surface area contributed by atoms with Crippen molar-refractivity contribution in [3.8, 4) is 0 Å². The topological polar surface area (TPSA) is 75.6 Å². The number of carbonyl (C=O) groups is 1. The summed E-state index contributed by atoms with van der Waals surface area (Å²) >= 11 is 0. The third kappa shape index (κ3) is 11.4. The molecule has 0 heterocycles. The number of unbranched alkanes of at least 4 members (excludes halogenated alkanes) is 3. The minimum atomic E-state index is -3.39. The molecule has 1 amide bonds. The molecule has 5 nitrogen and oxygen atoms in total. The summed E-state index contributed by atoms with van der Waals surface area (Å²) in [5.74, 6) is 0.279. The lowest BCUT2D eigenvalue weighted by atomic mass is 10.2. The molecule has 0 aromatic heterocycles. The normalized spacial score (nSPS) is 14.6. The first kappa shape index (κ1) is 19.6. The molecular formula is C14H30NO4P. The molecule has 0 spiro atoms. The van der Waals surface area contributed by atoms with Gasteiger partial charge in [0, 0.05) is 12.5 Å². The predicted octanol–water partition coefficient (Wildman–Crippen LogP) is 3.18. The van der Waals surface area contributed by atoms with Crippen LogP contribution in [0.5, 0.6) is 0 Å². The predicted molar refractivity (Wildman–Crippen MR) is 81.8 cm³/mol.